The molecule has 8 nitrogen and oxygen atoms in total. The number of ether oxygens (including phenoxy) is 4. The summed E-state index contributed by atoms with van der Waals surface area (Å²) in [6, 6.07) is 1.53. The highest BCUT2D eigenvalue weighted by molar-refractivity contribution is 6.33. The minimum atomic E-state index is -0.239. The van der Waals surface area contributed by atoms with Gasteiger partial charge in [0.2, 0.25) is 11.6 Å². The monoisotopic (exact) mass is 396 g/mol. The first-order valence-electron chi connectivity index (χ1n) is 8.28. The standard InChI is InChI=1S/C18H21ClN2O6/c1-23-9-14-20-12-8-21(6-5-13(12)27-14)18(22)10-7-11(19)16(25-3)17(26-4)15(10)24-2/h7H,5-6,8-9H2,1-4H3. The van der Waals surface area contributed by atoms with Gasteiger partial charge in [0.15, 0.2) is 11.5 Å². The van der Waals surface area contributed by atoms with Crippen molar-refractivity contribution in [1.29, 1.82) is 0 Å². The average molecular weight is 397 g/mol. The number of benzene rings is 1. The summed E-state index contributed by atoms with van der Waals surface area (Å²) in [6.07, 6.45) is 0.571. The van der Waals surface area contributed by atoms with Crippen LogP contribution in [0.25, 0.3) is 0 Å². The molecule has 0 unspecified atom stereocenters. The Kier molecular flexibility index (Phi) is 5.76. The highest BCUT2D eigenvalue weighted by Gasteiger charge is 2.30. The van der Waals surface area contributed by atoms with Gasteiger partial charge in [-0.15, -0.1) is 0 Å². The smallest absolute Gasteiger partial charge is 0.258 e. The molecule has 9 heteroatoms. The van der Waals surface area contributed by atoms with Gasteiger partial charge in [-0.05, 0) is 6.07 Å². The number of nitrogens with zero attached hydrogens (tertiary/aromatic N) is 2. The Morgan fingerprint density at radius 2 is 1.89 bits per heavy atom. The number of hydrogen-bond donors (Lipinski definition) is 0. The van der Waals surface area contributed by atoms with E-state index in [0.29, 0.717) is 43.3 Å². The molecule has 1 amide bonds. The van der Waals surface area contributed by atoms with Crippen molar-refractivity contribution in [2.75, 3.05) is 35.0 Å². The van der Waals surface area contributed by atoms with Crippen LogP contribution in [0.4, 0.5) is 0 Å². The lowest BCUT2D eigenvalue weighted by Gasteiger charge is -2.26. The number of oxazole rings is 1. The molecule has 2 aromatic rings. The fourth-order valence-corrected chi connectivity index (χ4v) is 3.38. The topological polar surface area (TPSA) is 83.3 Å². The van der Waals surface area contributed by atoms with E-state index in [1.165, 1.54) is 27.4 Å². The normalized spacial score (nSPS) is 13.3. The molecule has 2 heterocycles. The fourth-order valence-electron chi connectivity index (χ4n) is 3.11. The molecule has 0 N–H and O–H groups in total. The SMILES string of the molecule is COCc1nc2c(o1)CCN(C(=O)c1cc(Cl)c(OC)c(OC)c1OC)C2. The maximum atomic E-state index is 13.1. The van der Waals surface area contributed by atoms with E-state index in [4.69, 9.17) is 35.0 Å². The van der Waals surface area contributed by atoms with Crippen LogP contribution in [-0.4, -0.2) is 50.8 Å². The molecule has 1 aliphatic heterocycles. The zero-order chi connectivity index (χ0) is 19.6. The molecule has 0 aliphatic carbocycles. The molecule has 0 fully saturated rings. The maximum Gasteiger partial charge on any atom is 0.258 e. The third-order valence-electron chi connectivity index (χ3n) is 4.31. The van der Waals surface area contributed by atoms with Crippen LogP contribution < -0.4 is 14.2 Å². The van der Waals surface area contributed by atoms with Gasteiger partial charge in [0, 0.05) is 20.1 Å². The van der Waals surface area contributed by atoms with Gasteiger partial charge in [0.25, 0.3) is 5.91 Å². The Bertz CT molecular complexity index is 851. The number of carbonyl (C=O) groups excluding carboxylic acids is 1. The van der Waals surface area contributed by atoms with Crippen molar-refractivity contribution in [2.24, 2.45) is 0 Å². The van der Waals surface area contributed by atoms with Gasteiger partial charge in [-0.2, -0.15) is 0 Å². The molecule has 3 rings (SSSR count). The molecule has 1 aromatic carbocycles. The Morgan fingerprint density at radius 3 is 2.52 bits per heavy atom. The van der Waals surface area contributed by atoms with E-state index < -0.39 is 0 Å². The second-order valence-corrected chi connectivity index (χ2v) is 6.30. The molecule has 1 aromatic heterocycles. The van der Waals surface area contributed by atoms with E-state index in [0.717, 1.165) is 11.5 Å². The van der Waals surface area contributed by atoms with Gasteiger partial charge >= 0.3 is 0 Å². The van der Waals surface area contributed by atoms with E-state index >= 15 is 0 Å². The van der Waals surface area contributed by atoms with Crippen molar-refractivity contribution in [3.63, 3.8) is 0 Å². The summed E-state index contributed by atoms with van der Waals surface area (Å²) in [5, 5.41) is 0.264. The van der Waals surface area contributed by atoms with Gasteiger partial charge < -0.3 is 28.3 Å². The molecule has 0 spiro atoms. The van der Waals surface area contributed by atoms with Gasteiger partial charge in [-0.25, -0.2) is 4.98 Å². The number of amides is 1. The Morgan fingerprint density at radius 1 is 1.19 bits per heavy atom. The van der Waals surface area contributed by atoms with E-state index in [2.05, 4.69) is 4.98 Å². The quantitative estimate of drug-likeness (QED) is 0.742. The van der Waals surface area contributed by atoms with E-state index in [1.54, 1.807) is 12.0 Å². The highest BCUT2D eigenvalue weighted by Crippen LogP contribution is 2.45. The second-order valence-electron chi connectivity index (χ2n) is 5.89. The van der Waals surface area contributed by atoms with Crippen LogP contribution in [0.2, 0.25) is 5.02 Å². The van der Waals surface area contributed by atoms with Crippen molar-refractivity contribution in [1.82, 2.24) is 9.88 Å². The predicted molar refractivity (Wildman–Crippen MR) is 96.8 cm³/mol. The first-order chi connectivity index (χ1) is 13.0. The third kappa shape index (κ3) is 3.54. The van der Waals surface area contributed by atoms with Crippen LogP contribution in [0.1, 0.15) is 27.7 Å². The van der Waals surface area contributed by atoms with Crippen LogP contribution in [0, 0.1) is 0 Å². The van der Waals surface area contributed by atoms with Crippen molar-refractivity contribution in [3.8, 4) is 17.2 Å². The minimum Gasteiger partial charge on any atom is -0.492 e. The maximum absolute atomic E-state index is 13.1. The van der Waals surface area contributed by atoms with E-state index in [-0.39, 0.29) is 22.4 Å². The number of methoxy groups -OCH3 is 4. The molecular formula is C18H21ClN2O6. The fraction of sp³-hybridized carbons (Fsp3) is 0.444. The molecule has 0 atom stereocenters. The van der Waals surface area contributed by atoms with Crippen LogP contribution in [0.15, 0.2) is 10.5 Å². The molecular weight excluding hydrogens is 376 g/mol. The van der Waals surface area contributed by atoms with Crippen molar-refractivity contribution in [3.05, 3.63) is 34.0 Å². The zero-order valence-electron chi connectivity index (χ0n) is 15.6. The molecule has 146 valence electrons. The molecule has 1 aliphatic rings. The summed E-state index contributed by atoms with van der Waals surface area (Å²) in [5.74, 6) is 1.91. The lowest BCUT2D eigenvalue weighted by Crippen LogP contribution is -2.36. The molecule has 0 saturated heterocycles. The average Bonchev–Trinajstić information content (AvgIpc) is 3.08. The van der Waals surface area contributed by atoms with Gasteiger partial charge in [-0.3, -0.25) is 4.79 Å². The summed E-state index contributed by atoms with van der Waals surface area (Å²) in [5.41, 5.74) is 1.02. The van der Waals surface area contributed by atoms with Crippen molar-refractivity contribution in [2.45, 2.75) is 19.6 Å². The Balaban J connectivity index is 1.93. The van der Waals surface area contributed by atoms with Crippen LogP contribution in [0.3, 0.4) is 0 Å². The summed E-state index contributed by atoms with van der Waals surface area (Å²) in [6.45, 7) is 1.11. The summed E-state index contributed by atoms with van der Waals surface area (Å²) in [4.78, 5) is 19.2. The van der Waals surface area contributed by atoms with Crippen LogP contribution >= 0.6 is 11.6 Å². The van der Waals surface area contributed by atoms with E-state index in [1.807, 2.05) is 0 Å². The summed E-state index contributed by atoms with van der Waals surface area (Å²) < 4.78 is 26.7. The van der Waals surface area contributed by atoms with Gasteiger partial charge in [0.05, 0.1) is 38.5 Å². The minimum absolute atomic E-state index is 0.239. The number of aromatic nitrogens is 1. The first kappa shape index (κ1) is 19.3. The number of hydrogen-bond acceptors (Lipinski definition) is 7. The van der Waals surface area contributed by atoms with Crippen molar-refractivity contribution >= 4 is 17.5 Å². The number of halogens is 1. The number of carbonyl (C=O) groups is 1. The Hall–Kier alpha value is -2.45. The predicted octanol–water partition coefficient (Wildman–Crippen LogP) is 2.70. The second kappa shape index (κ2) is 8.06. The first-order valence-corrected chi connectivity index (χ1v) is 8.65. The molecule has 0 radical (unpaired) electrons. The summed E-state index contributed by atoms with van der Waals surface area (Å²) in [7, 11) is 5.97. The lowest BCUT2D eigenvalue weighted by molar-refractivity contribution is 0.0723. The molecule has 27 heavy (non-hydrogen) atoms. The third-order valence-corrected chi connectivity index (χ3v) is 4.60. The van der Waals surface area contributed by atoms with E-state index in [9.17, 15) is 4.79 Å². The zero-order valence-corrected chi connectivity index (χ0v) is 16.4. The van der Waals surface area contributed by atoms with Crippen molar-refractivity contribution < 1.29 is 28.2 Å². The van der Waals surface area contributed by atoms with Crippen LogP contribution in [-0.2, 0) is 24.3 Å². The van der Waals surface area contributed by atoms with Gasteiger partial charge in [-0.1, -0.05) is 11.6 Å². The highest BCUT2D eigenvalue weighted by atomic mass is 35.5. The van der Waals surface area contributed by atoms with Crippen LogP contribution in [0.5, 0.6) is 17.2 Å². The number of rotatable bonds is 6. The van der Waals surface area contributed by atoms with Gasteiger partial charge in [0.1, 0.15) is 18.1 Å². The summed E-state index contributed by atoms with van der Waals surface area (Å²) >= 11 is 6.27. The lowest BCUT2D eigenvalue weighted by atomic mass is 10.1. The molecule has 0 bridgehead atoms. The largest absolute Gasteiger partial charge is 0.492 e. The Labute approximate surface area is 161 Å². The molecule has 0 saturated carbocycles. The number of fused-ring (bicyclic) bond motifs is 1.